The van der Waals surface area contributed by atoms with E-state index < -0.39 is 12.1 Å². The van der Waals surface area contributed by atoms with Crippen molar-refractivity contribution in [2.24, 2.45) is 0 Å². The lowest BCUT2D eigenvalue weighted by Crippen LogP contribution is -2.26. The van der Waals surface area contributed by atoms with Crippen LogP contribution in [0.25, 0.3) is 5.78 Å². The number of ether oxygens (including phenoxy) is 1. The van der Waals surface area contributed by atoms with Gasteiger partial charge in [0.1, 0.15) is 6.33 Å². The molecule has 0 saturated carbocycles. The Bertz CT molecular complexity index is 992. The number of hydrogen-bond donors (Lipinski definition) is 0. The lowest BCUT2D eigenvalue weighted by molar-refractivity contribution is -0.145. The molecule has 0 spiro atoms. The summed E-state index contributed by atoms with van der Waals surface area (Å²) in [6.07, 6.45) is 1.49. The molecule has 0 aliphatic rings. The zero-order valence-electron chi connectivity index (χ0n) is 15.9. The van der Waals surface area contributed by atoms with Crippen LogP contribution in [0.3, 0.4) is 0 Å². The van der Waals surface area contributed by atoms with E-state index in [1.54, 1.807) is 23.6 Å². The summed E-state index contributed by atoms with van der Waals surface area (Å²) in [5.41, 5.74) is 3.88. The van der Waals surface area contributed by atoms with Gasteiger partial charge < -0.3 is 4.74 Å². The first kappa shape index (κ1) is 18.7. The molecule has 3 rings (SSSR count). The molecule has 0 radical (unpaired) electrons. The van der Waals surface area contributed by atoms with Gasteiger partial charge in [-0.3, -0.25) is 9.59 Å². The molecule has 140 valence electrons. The first-order valence-electron chi connectivity index (χ1n) is 8.89. The normalized spacial score (nSPS) is 12.1. The Morgan fingerprint density at radius 2 is 1.89 bits per heavy atom. The molecule has 7 nitrogen and oxygen atoms in total. The lowest BCUT2D eigenvalue weighted by Gasteiger charge is -2.14. The number of aryl methyl sites for hydroxylation is 3. The lowest BCUT2D eigenvalue weighted by atomic mass is 10.0. The molecule has 3 aromatic rings. The molecule has 0 N–H and O–H groups in total. The van der Waals surface area contributed by atoms with Crippen molar-refractivity contribution in [2.75, 3.05) is 0 Å². The number of fused-ring (bicyclic) bond motifs is 1. The fourth-order valence-electron chi connectivity index (χ4n) is 2.99. The maximum absolute atomic E-state index is 12.5. The van der Waals surface area contributed by atoms with E-state index in [0.29, 0.717) is 17.0 Å². The molecule has 2 heterocycles. The average Bonchev–Trinajstić information content (AvgIpc) is 3.13. The van der Waals surface area contributed by atoms with Gasteiger partial charge in [-0.2, -0.15) is 10.1 Å². The van der Waals surface area contributed by atoms with Crippen LogP contribution in [0.4, 0.5) is 0 Å². The van der Waals surface area contributed by atoms with E-state index in [1.807, 2.05) is 26.0 Å². The van der Waals surface area contributed by atoms with Gasteiger partial charge in [0, 0.05) is 22.5 Å². The van der Waals surface area contributed by atoms with Crippen molar-refractivity contribution < 1.29 is 14.3 Å². The summed E-state index contributed by atoms with van der Waals surface area (Å²) in [5, 5.41) is 4.11. The molecule has 2 aromatic heterocycles. The second kappa shape index (κ2) is 7.65. The smallest absolute Gasteiger partial charge is 0.311 e. The number of ketones is 1. The highest BCUT2D eigenvalue weighted by atomic mass is 16.5. The summed E-state index contributed by atoms with van der Waals surface area (Å²) in [4.78, 5) is 33.3. The Balaban J connectivity index is 1.70. The SMILES string of the molecule is CCc1ccc(C(=O)[C@@H](C)OC(=O)Cc2c(C)nc3ncnn3c2C)cc1. The Labute approximate surface area is 157 Å². The molecule has 0 fully saturated rings. The van der Waals surface area contributed by atoms with Crippen molar-refractivity contribution in [2.45, 2.75) is 46.6 Å². The van der Waals surface area contributed by atoms with Gasteiger partial charge in [0.25, 0.3) is 5.78 Å². The number of Topliss-reactive ketones (excluding diaryl/α,β-unsaturated/α-hetero) is 1. The summed E-state index contributed by atoms with van der Waals surface area (Å²) in [7, 11) is 0. The molecular formula is C20H22N4O3. The zero-order valence-corrected chi connectivity index (χ0v) is 15.9. The number of nitrogens with zero attached hydrogens (tertiary/aromatic N) is 4. The Hall–Kier alpha value is -3.09. The molecule has 0 bridgehead atoms. The topological polar surface area (TPSA) is 86.5 Å². The third-order valence-corrected chi connectivity index (χ3v) is 4.63. The molecule has 0 aliphatic heterocycles. The number of carbonyl (C=O) groups is 2. The Kier molecular flexibility index (Phi) is 5.30. The number of rotatable bonds is 6. The van der Waals surface area contributed by atoms with Crippen molar-refractivity contribution >= 4 is 17.5 Å². The maximum Gasteiger partial charge on any atom is 0.311 e. The minimum atomic E-state index is -0.853. The molecule has 7 heteroatoms. The van der Waals surface area contributed by atoms with Crippen LogP contribution in [0.5, 0.6) is 0 Å². The van der Waals surface area contributed by atoms with Crippen molar-refractivity contribution in [1.82, 2.24) is 19.6 Å². The first-order valence-corrected chi connectivity index (χ1v) is 8.89. The van der Waals surface area contributed by atoms with Crippen LogP contribution in [0.2, 0.25) is 0 Å². The summed E-state index contributed by atoms with van der Waals surface area (Å²) in [6, 6.07) is 7.35. The number of benzene rings is 1. The molecule has 1 atom stereocenters. The number of aromatic nitrogens is 4. The fourth-order valence-corrected chi connectivity index (χ4v) is 2.99. The minimum absolute atomic E-state index is 0.0207. The standard InChI is InChI=1S/C20H22N4O3/c1-5-15-6-8-16(9-7-15)19(26)14(4)27-18(25)10-17-12(2)23-20-21-11-22-24(20)13(17)3/h6-9,11,14H,5,10H2,1-4H3/t14-/m1/s1. The number of carbonyl (C=O) groups excluding carboxylic acids is 2. The van der Waals surface area contributed by atoms with Gasteiger partial charge in [0.2, 0.25) is 5.78 Å². The van der Waals surface area contributed by atoms with E-state index in [2.05, 4.69) is 22.0 Å². The average molecular weight is 366 g/mol. The second-order valence-electron chi connectivity index (χ2n) is 6.46. The predicted octanol–water partition coefficient (Wildman–Crippen LogP) is 2.66. The largest absolute Gasteiger partial charge is 0.454 e. The minimum Gasteiger partial charge on any atom is -0.454 e. The third kappa shape index (κ3) is 3.86. The van der Waals surface area contributed by atoms with Gasteiger partial charge in [-0.15, -0.1) is 0 Å². The van der Waals surface area contributed by atoms with Gasteiger partial charge in [0.05, 0.1) is 6.42 Å². The number of hydrogen-bond acceptors (Lipinski definition) is 6. The maximum atomic E-state index is 12.5. The molecule has 27 heavy (non-hydrogen) atoms. The Morgan fingerprint density at radius 3 is 2.56 bits per heavy atom. The highest BCUT2D eigenvalue weighted by Gasteiger charge is 2.21. The second-order valence-corrected chi connectivity index (χ2v) is 6.46. The zero-order chi connectivity index (χ0) is 19.6. The monoisotopic (exact) mass is 366 g/mol. The van der Waals surface area contributed by atoms with E-state index in [0.717, 1.165) is 23.2 Å². The van der Waals surface area contributed by atoms with Crippen LogP contribution in [0.1, 0.15) is 46.7 Å². The summed E-state index contributed by atoms with van der Waals surface area (Å²) in [6.45, 7) is 7.31. The summed E-state index contributed by atoms with van der Waals surface area (Å²) < 4.78 is 6.95. The molecule has 0 unspecified atom stereocenters. The predicted molar refractivity (Wildman–Crippen MR) is 99.7 cm³/mol. The molecule has 0 saturated heterocycles. The highest BCUT2D eigenvalue weighted by molar-refractivity contribution is 6.00. The number of esters is 1. The highest BCUT2D eigenvalue weighted by Crippen LogP contribution is 2.15. The van der Waals surface area contributed by atoms with Gasteiger partial charge in [-0.25, -0.2) is 9.50 Å². The quantitative estimate of drug-likeness (QED) is 0.492. The van der Waals surface area contributed by atoms with Crippen LogP contribution in [0.15, 0.2) is 30.6 Å². The Morgan fingerprint density at radius 1 is 1.19 bits per heavy atom. The van der Waals surface area contributed by atoms with Gasteiger partial charge in [-0.1, -0.05) is 31.2 Å². The van der Waals surface area contributed by atoms with Gasteiger partial charge in [-0.05, 0) is 32.8 Å². The van der Waals surface area contributed by atoms with Crippen LogP contribution >= 0.6 is 0 Å². The van der Waals surface area contributed by atoms with Crippen molar-refractivity contribution in [3.8, 4) is 0 Å². The molecular weight excluding hydrogens is 344 g/mol. The molecule has 0 aliphatic carbocycles. The van der Waals surface area contributed by atoms with Crippen molar-refractivity contribution in [1.29, 1.82) is 0 Å². The first-order chi connectivity index (χ1) is 12.9. The molecule has 0 amide bonds. The summed E-state index contributed by atoms with van der Waals surface area (Å²) >= 11 is 0. The van der Waals surface area contributed by atoms with Gasteiger partial charge in [0.15, 0.2) is 6.10 Å². The van der Waals surface area contributed by atoms with Gasteiger partial charge >= 0.3 is 5.97 Å². The summed E-state index contributed by atoms with van der Waals surface area (Å²) in [5.74, 6) is -0.209. The van der Waals surface area contributed by atoms with Crippen molar-refractivity contribution in [3.05, 3.63) is 58.7 Å². The van der Waals surface area contributed by atoms with Crippen LogP contribution in [-0.2, 0) is 22.4 Å². The van der Waals surface area contributed by atoms with Crippen LogP contribution in [-0.4, -0.2) is 37.4 Å². The van der Waals surface area contributed by atoms with Crippen LogP contribution in [0, 0.1) is 13.8 Å². The molecule has 1 aromatic carbocycles. The van der Waals surface area contributed by atoms with E-state index >= 15 is 0 Å². The van der Waals surface area contributed by atoms with E-state index in [-0.39, 0.29) is 12.2 Å². The van der Waals surface area contributed by atoms with Crippen LogP contribution < -0.4 is 0 Å². The third-order valence-electron chi connectivity index (χ3n) is 4.63. The van der Waals surface area contributed by atoms with Crippen molar-refractivity contribution in [3.63, 3.8) is 0 Å². The van der Waals surface area contributed by atoms with E-state index in [4.69, 9.17) is 4.74 Å². The van der Waals surface area contributed by atoms with E-state index in [1.165, 1.54) is 6.33 Å². The van der Waals surface area contributed by atoms with E-state index in [9.17, 15) is 9.59 Å². The fraction of sp³-hybridized carbons (Fsp3) is 0.350.